The lowest BCUT2D eigenvalue weighted by molar-refractivity contribution is 0.0318. The zero-order valence-corrected chi connectivity index (χ0v) is 15.9. The number of ether oxygens (including phenoxy) is 1. The van der Waals surface area contributed by atoms with Gasteiger partial charge in [0.25, 0.3) is 0 Å². The van der Waals surface area contributed by atoms with Gasteiger partial charge in [0, 0.05) is 10.6 Å². The normalized spacial score (nSPS) is 12.0. The summed E-state index contributed by atoms with van der Waals surface area (Å²) in [5, 5.41) is 0.479. The Labute approximate surface area is 162 Å². The summed E-state index contributed by atoms with van der Waals surface area (Å²) in [6, 6.07) is 11.4. The first-order chi connectivity index (χ1) is 12.7. The van der Waals surface area contributed by atoms with Crippen molar-refractivity contribution in [3.63, 3.8) is 0 Å². The Bertz CT molecular complexity index is 994. The van der Waals surface area contributed by atoms with E-state index in [1.807, 2.05) is 0 Å². The molecule has 1 atom stereocenters. The van der Waals surface area contributed by atoms with E-state index in [-0.39, 0.29) is 17.0 Å². The zero-order chi connectivity index (χ0) is 20.0. The van der Waals surface area contributed by atoms with Crippen LogP contribution in [-0.2, 0) is 14.8 Å². The number of hydrogen-bond acceptors (Lipinski definition) is 5. The standard InChI is InChI=1S/C19H16ClNO5S/c1-3-11-21-27(24,25)17-6-4-5-15(12-17)19(23)26-13(2)18(22)14-7-9-16(20)10-8-14/h1,4-10,12-13,21H,11H2,2H3. The highest BCUT2D eigenvalue weighted by Crippen LogP contribution is 2.15. The van der Waals surface area contributed by atoms with Crippen LogP contribution in [0, 0.1) is 12.3 Å². The van der Waals surface area contributed by atoms with Crippen molar-refractivity contribution in [2.45, 2.75) is 17.9 Å². The molecule has 2 rings (SSSR count). The first-order valence-corrected chi connectivity index (χ1v) is 9.64. The van der Waals surface area contributed by atoms with E-state index in [9.17, 15) is 18.0 Å². The lowest BCUT2D eigenvalue weighted by Gasteiger charge is -2.13. The van der Waals surface area contributed by atoms with E-state index in [4.69, 9.17) is 22.8 Å². The minimum Gasteiger partial charge on any atom is -0.451 e. The van der Waals surface area contributed by atoms with Crippen LogP contribution in [0.2, 0.25) is 5.02 Å². The van der Waals surface area contributed by atoms with E-state index in [0.717, 1.165) is 6.07 Å². The number of nitrogens with one attached hydrogen (secondary N) is 1. The van der Waals surface area contributed by atoms with Crippen molar-refractivity contribution in [3.05, 3.63) is 64.7 Å². The average molecular weight is 406 g/mol. The largest absolute Gasteiger partial charge is 0.451 e. The van der Waals surface area contributed by atoms with Crippen molar-refractivity contribution < 1.29 is 22.7 Å². The fraction of sp³-hybridized carbons (Fsp3) is 0.158. The fourth-order valence-electron chi connectivity index (χ4n) is 2.14. The van der Waals surface area contributed by atoms with Gasteiger partial charge in [0.15, 0.2) is 6.10 Å². The molecule has 0 spiro atoms. The van der Waals surface area contributed by atoms with Gasteiger partial charge in [-0.3, -0.25) is 4.79 Å². The van der Waals surface area contributed by atoms with Crippen molar-refractivity contribution >= 4 is 33.4 Å². The van der Waals surface area contributed by atoms with Crippen molar-refractivity contribution in [1.82, 2.24) is 4.72 Å². The Hall–Kier alpha value is -2.66. The summed E-state index contributed by atoms with van der Waals surface area (Å²) in [7, 11) is -3.85. The predicted octanol–water partition coefficient (Wildman–Crippen LogP) is 2.68. The van der Waals surface area contributed by atoms with Gasteiger partial charge in [0.1, 0.15) is 0 Å². The Morgan fingerprint density at radius 2 is 1.85 bits per heavy atom. The molecule has 0 radical (unpaired) electrons. The molecule has 0 aliphatic rings. The number of Topliss-reactive ketones (excluding diaryl/α,β-unsaturated/α-hetero) is 1. The maximum Gasteiger partial charge on any atom is 0.338 e. The third-order valence-corrected chi connectivity index (χ3v) is 5.18. The second-order valence-electron chi connectivity index (χ2n) is 5.48. The molecule has 0 bridgehead atoms. The minimum absolute atomic E-state index is 0.00524. The first-order valence-electron chi connectivity index (χ1n) is 7.78. The van der Waals surface area contributed by atoms with Gasteiger partial charge in [0.05, 0.1) is 17.0 Å². The maximum atomic E-state index is 12.3. The van der Waals surface area contributed by atoms with Gasteiger partial charge in [-0.15, -0.1) is 6.42 Å². The number of carbonyl (C=O) groups is 2. The molecule has 2 aromatic rings. The fourth-order valence-corrected chi connectivity index (χ4v) is 3.25. The summed E-state index contributed by atoms with van der Waals surface area (Å²) in [6.45, 7) is 1.26. The summed E-state index contributed by atoms with van der Waals surface area (Å²) in [4.78, 5) is 24.5. The number of esters is 1. The van der Waals surface area contributed by atoms with Gasteiger partial charge in [-0.2, -0.15) is 4.72 Å². The summed E-state index contributed by atoms with van der Waals surface area (Å²) in [6.07, 6.45) is 3.98. The Balaban J connectivity index is 2.14. The Morgan fingerprint density at radius 3 is 2.48 bits per heavy atom. The van der Waals surface area contributed by atoms with Gasteiger partial charge >= 0.3 is 5.97 Å². The van der Waals surface area contributed by atoms with E-state index in [2.05, 4.69) is 10.6 Å². The molecular formula is C19H16ClNO5S. The molecule has 0 aliphatic carbocycles. The molecule has 140 valence electrons. The number of halogens is 1. The van der Waals surface area contributed by atoms with Gasteiger partial charge in [0.2, 0.25) is 15.8 Å². The number of sulfonamides is 1. The smallest absolute Gasteiger partial charge is 0.338 e. The summed E-state index contributed by atoms with van der Waals surface area (Å²) in [5.41, 5.74) is 0.337. The third kappa shape index (κ3) is 5.41. The van der Waals surface area contributed by atoms with Crippen LogP contribution in [0.15, 0.2) is 53.4 Å². The molecule has 0 fully saturated rings. The molecule has 0 amide bonds. The van der Waals surface area contributed by atoms with Crippen molar-refractivity contribution in [1.29, 1.82) is 0 Å². The van der Waals surface area contributed by atoms with Crippen molar-refractivity contribution in [3.8, 4) is 12.3 Å². The Kier molecular flexibility index (Phi) is 6.75. The second kappa shape index (κ2) is 8.82. The molecule has 0 aliphatic heterocycles. The molecule has 1 unspecified atom stereocenters. The van der Waals surface area contributed by atoms with Crippen LogP contribution < -0.4 is 4.72 Å². The predicted molar refractivity (Wildman–Crippen MR) is 101 cm³/mol. The topological polar surface area (TPSA) is 89.5 Å². The molecule has 8 heteroatoms. The molecular weight excluding hydrogens is 390 g/mol. The van der Waals surface area contributed by atoms with E-state index in [0.29, 0.717) is 10.6 Å². The molecule has 1 N–H and O–H groups in total. The molecule has 0 saturated carbocycles. The molecule has 0 aromatic heterocycles. The maximum absolute atomic E-state index is 12.3. The molecule has 0 saturated heterocycles. The first kappa shape index (κ1) is 20.6. The quantitative estimate of drug-likeness (QED) is 0.434. The number of hydrogen-bond donors (Lipinski definition) is 1. The highest BCUT2D eigenvalue weighted by atomic mass is 35.5. The number of rotatable bonds is 7. The van der Waals surface area contributed by atoms with Crippen LogP contribution in [0.1, 0.15) is 27.6 Å². The van der Waals surface area contributed by atoms with Crippen molar-refractivity contribution in [2.24, 2.45) is 0 Å². The van der Waals surface area contributed by atoms with Crippen LogP contribution in [0.25, 0.3) is 0 Å². The lowest BCUT2D eigenvalue weighted by Crippen LogP contribution is -2.25. The number of benzene rings is 2. The highest BCUT2D eigenvalue weighted by molar-refractivity contribution is 7.89. The zero-order valence-electron chi connectivity index (χ0n) is 14.3. The third-order valence-electron chi connectivity index (χ3n) is 3.53. The average Bonchev–Trinajstić information content (AvgIpc) is 2.66. The summed E-state index contributed by atoms with van der Waals surface area (Å²) < 4.78 is 31.5. The number of ketones is 1. The second-order valence-corrected chi connectivity index (χ2v) is 7.68. The van der Waals surface area contributed by atoms with Gasteiger partial charge in [-0.1, -0.05) is 23.6 Å². The molecule has 2 aromatic carbocycles. The van der Waals surface area contributed by atoms with Crippen LogP contribution in [0.5, 0.6) is 0 Å². The molecule has 27 heavy (non-hydrogen) atoms. The van der Waals surface area contributed by atoms with Gasteiger partial charge in [-0.25, -0.2) is 13.2 Å². The van der Waals surface area contributed by atoms with Gasteiger partial charge < -0.3 is 4.74 Å². The SMILES string of the molecule is C#CCNS(=O)(=O)c1cccc(C(=O)OC(C)C(=O)c2ccc(Cl)cc2)c1. The highest BCUT2D eigenvalue weighted by Gasteiger charge is 2.22. The number of carbonyl (C=O) groups excluding carboxylic acids is 2. The summed E-state index contributed by atoms with van der Waals surface area (Å²) >= 11 is 5.78. The monoisotopic (exact) mass is 405 g/mol. The van der Waals surface area contributed by atoms with E-state index in [1.165, 1.54) is 37.3 Å². The van der Waals surface area contributed by atoms with Crippen LogP contribution in [0.3, 0.4) is 0 Å². The van der Waals surface area contributed by atoms with E-state index < -0.39 is 27.9 Å². The Morgan fingerprint density at radius 1 is 1.19 bits per heavy atom. The van der Waals surface area contributed by atoms with Gasteiger partial charge in [-0.05, 0) is 49.4 Å². The van der Waals surface area contributed by atoms with Crippen LogP contribution in [0.4, 0.5) is 0 Å². The molecule has 0 heterocycles. The molecule has 6 nitrogen and oxygen atoms in total. The van der Waals surface area contributed by atoms with Crippen LogP contribution >= 0.6 is 11.6 Å². The van der Waals surface area contributed by atoms with Crippen molar-refractivity contribution in [2.75, 3.05) is 6.54 Å². The number of terminal acetylenes is 1. The minimum atomic E-state index is -3.85. The summed E-state index contributed by atoms with van der Waals surface area (Å²) in [5.74, 6) is 0.937. The van der Waals surface area contributed by atoms with E-state index >= 15 is 0 Å². The van der Waals surface area contributed by atoms with E-state index in [1.54, 1.807) is 12.1 Å². The lowest BCUT2D eigenvalue weighted by atomic mass is 10.1. The van der Waals surface area contributed by atoms with Crippen LogP contribution in [-0.4, -0.2) is 32.8 Å².